The van der Waals surface area contributed by atoms with Gasteiger partial charge in [0.2, 0.25) is 0 Å². The molecule has 0 fully saturated rings. The second kappa shape index (κ2) is 9.57. The number of nitrogens with zero attached hydrogens (tertiary/aromatic N) is 4. The molecule has 2 aliphatic heterocycles. The average molecular weight is 612 g/mol. The molecule has 4 aromatic rings. The number of hydrogen-bond donors (Lipinski definition) is 0. The summed E-state index contributed by atoms with van der Waals surface area (Å²) >= 11 is 10.8. The molecule has 8 heteroatoms. The molecule has 0 bridgehead atoms. The summed E-state index contributed by atoms with van der Waals surface area (Å²) in [7, 11) is 0. The molecule has 2 aliphatic rings. The molecule has 0 unspecified atom stereocenters. The lowest BCUT2D eigenvalue weighted by atomic mass is 10.2. The van der Waals surface area contributed by atoms with E-state index in [4.69, 9.17) is 9.97 Å². The van der Waals surface area contributed by atoms with E-state index in [2.05, 4.69) is 90.2 Å². The Labute approximate surface area is 224 Å². The van der Waals surface area contributed by atoms with E-state index in [-0.39, 0.29) is 0 Å². The number of aromatic nitrogens is 2. The zero-order valence-corrected chi connectivity index (χ0v) is 22.9. The van der Waals surface area contributed by atoms with Crippen molar-refractivity contribution in [1.29, 1.82) is 0 Å². The number of fused-ring (bicyclic) bond motifs is 4. The molecule has 6 rings (SSSR count). The summed E-state index contributed by atoms with van der Waals surface area (Å²) < 4.78 is 2.20. The quantitative estimate of drug-likeness (QED) is 0.210. The molecule has 0 atom stereocenters. The normalized spacial score (nSPS) is 13.7. The lowest BCUT2D eigenvalue weighted by molar-refractivity contribution is 0.712. The van der Waals surface area contributed by atoms with Gasteiger partial charge in [0.1, 0.15) is 11.6 Å². The minimum Gasteiger partial charge on any atom is -0.324 e. The minimum atomic E-state index is 0.921. The van der Waals surface area contributed by atoms with Crippen molar-refractivity contribution >= 4 is 78.4 Å². The van der Waals surface area contributed by atoms with Gasteiger partial charge in [0, 0.05) is 44.2 Å². The molecule has 0 saturated carbocycles. The molecule has 4 nitrogen and oxygen atoms in total. The van der Waals surface area contributed by atoms with Crippen LogP contribution < -0.4 is 9.80 Å². The third-order valence-corrected chi connectivity index (χ3v) is 9.05. The monoisotopic (exact) mass is 610 g/mol. The molecule has 0 saturated heterocycles. The van der Waals surface area contributed by atoms with Gasteiger partial charge in [-0.3, -0.25) is 0 Å². The molecule has 0 spiro atoms. The molecule has 2 aromatic carbocycles. The standard InChI is InChI=1S/C26H20Br2N4S2/c27-17-7-9-19-23(15-17)33-21-5-3-11-29-25(21)31(19)13-1-2-14-32-20-10-8-18(28)16-24(20)34-22-6-4-12-30-26(22)32/h3-12,15-16H,1-2,13-14H2. The van der Waals surface area contributed by atoms with E-state index in [0.717, 1.165) is 46.5 Å². The van der Waals surface area contributed by atoms with Crippen molar-refractivity contribution in [2.75, 3.05) is 22.9 Å². The maximum atomic E-state index is 4.72. The highest BCUT2D eigenvalue weighted by molar-refractivity contribution is 9.10. The van der Waals surface area contributed by atoms with Crippen molar-refractivity contribution in [3.8, 4) is 0 Å². The van der Waals surface area contributed by atoms with E-state index < -0.39 is 0 Å². The van der Waals surface area contributed by atoms with E-state index in [9.17, 15) is 0 Å². The molecule has 0 radical (unpaired) electrons. The Kier molecular flexibility index (Phi) is 6.32. The topological polar surface area (TPSA) is 32.3 Å². The van der Waals surface area contributed by atoms with Gasteiger partial charge in [-0.05, 0) is 73.5 Å². The molecular formula is C26H20Br2N4S2. The Bertz CT molecular complexity index is 1280. The van der Waals surface area contributed by atoms with Crippen LogP contribution in [0, 0.1) is 0 Å². The Morgan fingerprint density at radius 3 is 1.56 bits per heavy atom. The fourth-order valence-corrected chi connectivity index (χ4v) is 7.61. The van der Waals surface area contributed by atoms with Gasteiger partial charge in [0.05, 0.1) is 21.2 Å². The summed E-state index contributed by atoms with van der Waals surface area (Å²) in [6.45, 7) is 1.84. The fourth-order valence-electron chi connectivity index (χ4n) is 4.37. The number of hydrogen-bond acceptors (Lipinski definition) is 6. The second-order valence-corrected chi connectivity index (χ2v) is 12.1. The average Bonchev–Trinajstić information content (AvgIpc) is 2.85. The van der Waals surface area contributed by atoms with Crippen LogP contribution in [-0.4, -0.2) is 23.1 Å². The predicted molar refractivity (Wildman–Crippen MR) is 148 cm³/mol. The van der Waals surface area contributed by atoms with E-state index in [1.165, 1.54) is 31.0 Å². The zero-order chi connectivity index (χ0) is 23.1. The van der Waals surface area contributed by atoms with Gasteiger partial charge in [-0.25, -0.2) is 9.97 Å². The first-order valence-corrected chi connectivity index (χ1v) is 14.3. The molecule has 0 amide bonds. The SMILES string of the molecule is Brc1ccc2c(c1)Sc1cccnc1N2CCCCN1c2ccc(Br)cc2Sc2cccnc21. The van der Waals surface area contributed by atoms with Crippen LogP contribution in [0.5, 0.6) is 0 Å². The smallest absolute Gasteiger partial charge is 0.147 e. The molecule has 34 heavy (non-hydrogen) atoms. The Balaban J connectivity index is 1.22. The molecule has 2 aromatic heterocycles. The first-order valence-electron chi connectivity index (χ1n) is 11.1. The number of benzene rings is 2. The Morgan fingerprint density at radius 1 is 0.618 bits per heavy atom. The fraction of sp³-hybridized carbons (Fsp3) is 0.154. The molecular weight excluding hydrogens is 592 g/mol. The van der Waals surface area contributed by atoms with Crippen LogP contribution in [0.2, 0.25) is 0 Å². The van der Waals surface area contributed by atoms with Crippen molar-refractivity contribution in [2.45, 2.75) is 32.4 Å². The van der Waals surface area contributed by atoms with Gasteiger partial charge in [0.15, 0.2) is 0 Å². The van der Waals surface area contributed by atoms with Gasteiger partial charge >= 0.3 is 0 Å². The van der Waals surface area contributed by atoms with Gasteiger partial charge in [0.25, 0.3) is 0 Å². The number of anilines is 4. The van der Waals surface area contributed by atoms with E-state index in [0.29, 0.717) is 0 Å². The van der Waals surface area contributed by atoms with Gasteiger partial charge in [-0.2, -0.15) is 0 Å². The van der Waals surface area contributed by atoms with Crippen LogP contribution in [0.4, 0.5) is 23.0 Å². The van der Waals surface area contributed by atoms with Gasteiger partial charge in [-0.1, -0.05) is 55.4 Å². The van der Waals surface area contributed by atoms with Crippen LogP contribution >= 0.6 is 55.4 Å². The molecule has 170 valence electrons. The summed E-state index contributed by atoms with van der Waals surface area (Å²) in [5.74, 6) is 2.11. The predicted octanol–water partition coefficient (Wildman–Crippen LogP) is 8.69. The first-order chi connectivity index (χ1) is 16.7. The Morgan fingerprint density at radius 2 is 1.09 bits per heavy atom. The summed E-state index contributed by atoms with van der Waals surface area (Å²) in [6.07, 6.45) is 5.88. The van der Waals surface area contributed by atoms with Gasteiger partial charge in [-0.15, -0.1) is 0 Å². The van der Waals surface area contributed by atoms with Crippen molar-refractivity contribution in [1.82, 2.24) is 9.97 Å². The lowest BCUT2D eigenvalue weighted by Gasteiger charge is -2.33. The number of halogens is 2. The summed E-state index contributed by atoms with van der Waals surface area (Å²) in [4.78, 5) is 19.1. The van der Waals surface area contributed by atoms with Crippen molar-refractivity contribution in [2.24, 2.45) is 0 Å². The second-order valence-electron chi connectivity index (χ2n) is 8.09. The molecule has 0 aliphatic carbocycles. The van der Waals surface area contributed by atoms with Crippen molar-refractivity contribution in [3.63, 3.8) is 0 Å². The molecule has 0 N–H and O–H groups in total. The Hall–Kier alpha value is -2.00. The number of unbranched alkanes of at least 4 members (excludes halogenated alkanes) is 1. The van der Waals surface area contributed by atoms with Crippen LogP contribution in [0.25, 0.3) is 0 Å². The molecule has 4 heterocycles. The third-order valence-electron chi connectivity index (χ3n) is 5.89. The lowest BCUT2D eigenvalue weighted by Crippen LogP contribution is -2.26. The van der Waals surface area contributed by atoms with Crippen LogP contribution in [0.15, 0.2) is 102 Å². The van der Waals surface area contributed by atoms with Crippen molar-refractivity contribution in [3.05, 3.63) is 82.0 Å². The highest BCUT2D eigenvalue weighted by Crippen LogP contribution is 2.49. The largest absolute Gasteiger partial charge is 0.324 e. The number of pyridine rings is 2. The highest BCUT2D eigenvalue weighted by Gasteiger charge is 2.26. The maximum absolute atomic E-state index is 4.72. The van der Waals surface area contributed by atoms with Crippen LogP contribution in [0.3, 0.4) is 0 Å². The van der Waals surface area contributed by atoms with Crippen molar-refractivity contribution < 1.29 is 0 Å². The van der Waals surface area contributed by atoms with E-state index >= 15 is 0 Å². The van der Waals surface area contributed by atoms with Crippen LogP contribution in [0.1, 0.15) is 12.8 Å². The zero-order valence-electron chi connectivity index (χ0n) is 18.1. The first kappa shape index (κ1) is 22.5. The highest BCUT2D eigenvalue weighted by atomic mass is 79.9. The van der Waals surface area contributed by atoms with E-state index in [1.54, 1.807) is 23.5 Å². The van der Waals surface area contributed by atoms with E-state index in [1.807, 2.05) is 24.5 Å². The van der Waals surface area contributed by atoms with Gasteiger partial charge < -0.3 is 9.80 Å². The third kappa shape index (κ3) is 4.26. The summed E-state index contributed by atoms with van der Waals surface area (Å²) in [5.41, 5.74) is 2.46. The number of rotatable bonds is 5. The summed E-state index contributed by atoms with van der Waals surface area (Å²) in [5, 5.41) is 0. The van der Waals surface area contributed by atoms with Crippen LogP contribution in [-0.2, 0) is 0 Å². The summed E-state index contributed by atoms with van der Waals surface area (Å²) in [6, 6.07) is 21.4. The minimum absolute atomic E-state index is 0.921. The maximum Gasteiger partial charge on any atom is 0.147 e.